The van der Waals surface area contributed by atoms with Gasteiger partial charge in [-0.25, -0.2) is 17.6 Å². The number of aliphatic carboxylic acids is 1. The lowest BCUT2D eigenvalue weighted by atomic mass is 10.0. The molecule has 0 bridgehead atoms. The maximum atomic E-state index is 13.7. The van der Waals surface area contributed by atoms with Gasteiger partial charge in [-0.3, -0.25) is 14.5 Å². The minimum atomic E-state index is -4.21. The average molecular weight is 640 g/mol. The second kappa shape index (κ2) is 11.8. The number of carbonyl (C=O) groups is 3. The van der Waals surface area contributed by atoms with E-state index >= 15 is 0 Å². The van der Waals surface area contributed by atoms with Crippen molar-refractivity contribution in [3.05, 3.63) is 81.4 Å². The molecule has 3 amide bonds. The van der Waals surface area contributed by atoms with Crippen LogP contribution in [-0.2, 0) is 19.6 Å². The first kappa shape index (κ1) is 28.7. The molecule has 3 N–H and O–H groups in total. The number of hydrogen-bond acceptors (Lipinski definition) is 6. The topological polar surface area (TPSA) is 136 Å². The van der Waals surface area contributed by atoms with Crippen LogP contribution in [0.4, 0.5) is 14.9 Å². The molecule has 0 saturated carbocycles. The lowest BCUT2D eigenvalue weighted by Crippen LogP contribution is -2.55. The van der Waals surface area contributed by atoms with Gasteiger partial charge in [0.25, 0.3) is 15.9 Å². The van der Waals surface area contributed by atoms with Gasteiger partial charge in [-0.1, -0.05) is 24.3 Å². The molecule has 4 rings (SSSR count). The smallest absolute Gasteiger partial charge is 0.323 e. The summed E-state index contributed by atoms with van der Waals surface area (Å²) in [5.74, 6) is -2.69. The molecule has 2 heterocycles. The number of carboxylic acids is 1. The minimum Gasteiger partial charge on any atom is -0.481 e. The van der Waals surface area contributed by atoms with Gasteiger partial charge >= 0.3 is 12.0 Å². The molecule has 1 aliphatic heterocycles. The number of carbonyl (C=O) groups excluding carboxylic acids is 2. The number of sulfonamides is 1. The highest BCUT2D eigenvalue weighted by Crippen LogP contribution is 2.32. The van der Waals surface area contributed by atoms with Crippen molar-refractivity contribution < 1.29 is 32.3 Å². The molecule has 39 heavy (non-hydrogen) atoms. The van der Waals surface area contributed by atoms with Crippen molar-refractivity contribution in [1.29, 1.82) is 0 Å². The first-order chi connectivity index (χ1) is 18.5. The van der Waals surface area contributed by atoms with E-state index in [1.807, 2.05) is 13.0 Å². The molecule has 3 aromatic rings. The maximum absolute atomic E-state index is 13.7. The Hall–Kier alpha value is -3.33. The highest BCUT2D eigenvalue weighted by atomic mass is 79.9. The monoisotopic (exact) mass is 638 g/mol. The fraction of sp³-hybridized carbons (Fsp3) is 0.240. The van der Waals surface area contributed by atoms with Crippen LogP contribution in [0, 0.1) is 12.7 Å². The van der Waals surface area contributed by atoms with Gasteiger partial charge in [0, 0.05) is 18.8 Å². The summed E-state index contributed by atoms with van der Waals surface area (Å²) in [6, 6.07) is 13.0. The van der Waals surface area contributed by atoms with E-state index in [9.17, 15) is 32.3 Å². The van der Waals surface area contributed by atoms with Gasteiger partial charge in [0.2, 0.25) is 0 Å². The van der Waals surface area contributed by atoms with E-state index in [0.717, 1.165) is 38.2 Å². The number of aryl methyl sites for hydroxylation is 1. The molecule has 206 valence electrons. The molecule has 2 unspecified atom stereocenters. The third-order valence-electron chi connectivity index (χ3n) is 5.97. The summed E-state index contributed by atoms with van der Waals surface area (Å²) in [6.45, 7) is 1.58. The molecule has 1 aromatic heterocycles. The van der Waals surface area contributed by atoms with Crippen LogP contribution in [0.3, 0.4) is 0 Å². The summed E-state index contributed by atoms with van der Waals surface area (Å²) in [5, 5.41) is 14.7. The van der Waals surface area contributed by atoms with Crippen molar-refractivity contribution in [2.24, 2.45) is 0 Å². The number of nitrogens with zero attached hydrogens (tertiary/aromatic N) is 2. The number of urea groups is 1. The molecule has 2 aromatic carbocycles. The molecule has 14 heteroatoms. The van der Waals surface area contributed by atoms with Crippen molar-refractivity contribution in [2.75, 3.05) is 18.4 Å². The fourth-order valence-electron chi connectivity index (χ4n) is 4.18. The van der Waals surface area contributed by atoms with Gasteiger partial charge in [-0.15, -0.1) is 11.3 Å². The molecule has 0 aliphatic carbocycles. The summed E-state index contributed by atoms with van der Waals surface area (Å²) in [7, 11) is -4.21. The lowest BCUT2D eigenvalue weighted by molar-refractivity contribution is -0.138. The van der Waals surface area contributed by atoms with E-state index in [2.05, 4.69) is 26.6 Å². The molecule has 1 saturated heterocycles. The summed E-state index contributed by atoms with van der Waals surface area (Å²) in [6.07, 6.45) is -2.16. The summed E-state index contributed by atoms with van der Waals surface area (Å²) >= 11 is 4.19. The molecular formula is C25H24BrFN4O6S2. The molecule has 1 fully saturated rings. The van der Waals surface area contributed by atoms with Crippen LogP contribution in [-0.4, -0.2) is 59.9 Å². The highest BCUT2D eigenvalue weighted by molar-refractivity contribution is 9.11. The molecule has 1 aliphatic rings. The number of nitrogens with one attached hydrogen (secondary N) is 2. The Bertz CT molecular complexity index is 1500. The van der Waals surface area contributed by atoms with Crippen molar-refractivity contribution >= 4 is 60.9 Å². The van der Waals surface area contributed by atoms with Crippen LogP contribution in [0.15, 0.2) is 68.7 Å². The van der Waals surface area contributed by atoms with Crippen molar-refractivity contribution in [1.82, 2.24) is 14.5 Å². The summed E-state index contributed by atoms with van der Waals surface area (Å²) in [4.78, 5) is 39.6. The average Bonchev–Trinajstić information content (AvgIpc) is 3.51. The Morgan fingerprint density at radius 3 is 2.46 bits per heavy atom. The van der Waals surface area contributed by atoms with Crippen LogP contribution < -0.4 is 10.6 Å². The van der Waals surface area contributed by atoms with Crippen LogP contribution in [0.25, 0.3) is 0 Å². The van der Waals surface area contributed by atoms with E-state index in [1.165, 1.54) is 18.2 Å². The normalized spacial score (nSPS) is 16.6. The van der Waals surface area contributed by atoms with E-state index in [1.54, 1.807) is 24.3 Å². The van der Waals surface area contributed by atoms with Gasteiger partial charge in [0.15, 0.2) is 6.17 Å². The number of carboxylic acid groups (broad SMARTS) is 1. The van der Waals surface area contributed by atoms with E-state index in [0.29, 0.717) is 15.0 Å². The predicted molar refractivity (Wildman–Crippen MR) is 146 cm³/mol. The third kappa shape index (κ3) is 6.64. The lowest BCUT2D eigenvalue weighted by Gasteiger charge is -2.30. The first-order valence-corrected chi connectivity index (χ1v) is 14.7. The number of benzene rings is 2. The van der Waals surface area contributed by atoms with Gasteiger partial charge in [0.05, 0.1) is 16.2 Å². The molecule has 0 spiro atoms. The number of hydrogen-bond donors (Lipinski definition) is 3. The number of rotatable bonds is 8. The Kier molecular flexibility index (Phi) is 8.69. The van der Waals surface area contributed by atoms with Gasteiger partial charge in [-0.2, -0.15) is 4.31 Å². The predicted octanol–water partition coefficient (Wildman–Crippen LogP) is 4.15. The fourth-order valence-corrected chi connectivity index (χ4v) is 7.87. The van der Waals surface area contributed by atoms with Crippen LogP contribution in [0.2, 0.25) is 0 Å². The van der Waals surface area contributed by atoms with E-state index in [-0.39, 0.29) is 17.3 Å². The zero-order chi connectivity index (χ0) is 28.3. The van der Waals surface area contributed by atoms with Crippen molar-refractivity contribution in [3.63, 3.8) is 0 Å². The highest BCUT2D eigenvalue weighted by Gasteiger charge is 2.47. The molecule has 10 nitrogen and oxygen atoms in total. The second-order valence-corrected chi connectivity index (χ2v) is 13.3. The largest absolute Gasteiger partial charge is 0.481 e. The van der Waals surface area contributed by atoms with Crippen LogP contribution in [0.1, 0.15) is 23.6 Å². The van der Waals surface area contributed by atoms with Gasteiger partial charge in [0.1, 0.15) is 10.0 Å². The Morgan fingerprint density at radius 1 is 1.13 bits per heavy atom. The Balaban J connectivity index is 1.68. The van der Waals surface area contributed by atoms with Crippen LogP contribution >= 0.6 is 27.3 Å². The van der Waals surface area contributed by atoms with Gasteiger partial charge in [-0.05, 0) is 70.4 Å². The molecule has 0 radical (unpaired) electrons. The number of amides is 3. The minimum absolute atomic E-state index is 0.0336. The standard InChI is InChI=1S/C25H24BrFN4O6S2/c1-15-3-2-4-18(13-15)28-25(35)30-11-12-31(39(36,37)22-10-9-20(26)38-22)24(30)23(34)29-19(14-21(32)33)16-5-7-17(27)8-6-16/h2-10,13,19,24H,11-12,14H2,1H3,(H,28,35)(H,29,34)(H,32,33). The van der Waals surface area contributed by atoms with Crippen LogP contribution in [0.5, 0.6) is 0 Å². The number of halogens is 2. The first-order valence-electron chi connectivity index (χ1n) is 11.6. The van der Waals surface area contributed by atoms with E-state index in [4.69, 9.17) is 0 Å². The Labute approximate surface area is 236 Å². The van der Waals surface area contributed by atoms with Crippen molar-refractivity contribution in [2.45, 2.75) is 29.8 Å². The SMILES string of the molecule is Cc1cccc(NC(=O)N2CCN(S(=O)(=O)c3ccc(Br)s3)C2C(=O)NC(CC(=O)O)c2ccc(F)cc2)c1. The zero-order valence-corrected chi connectivity index (χ0v) is 23.7. The van der Waals surface area contributed by atoms with Crippen molar-refractivity contribution in [3.8, 4) is 0 Å². The third-order valence-corrected chi connectivity index (χ3v) is 9.92. The quantitative estimate of drug-likeness (QED) is 0.339. The number of anilines is 1. The Morgan fingerprint density at radius 2 is 1.85 bits per heavy atom. The summed E-state index contributed by atoms with van der Waals surface area (Å²) < 4.78 is 42.0. The second-order valence-electron chi connectivity index (χ2n) is 8.75. The molecular weight excluding hydrogens is 615 g/mol. The number of thiophene rings is 1. The van der Waals surface area contributed by atoms with Gasteiger partial charge < -0.3 is 15.7 Å². The maximum Gasteiger partial charge on any atom is 0.323 e. The summed E-state index contributed by atoms with van der Waals surface area (Å²) in [5.41, 5.74) is 1.64. The zero-order valence-electron chi connectivity index (χ0n) is 20.5. The molecule has 2 atom stereocenters. The van der Waals surface area contributed by atoms with E-state index < -0.39 is 52.4 Å².